The van der Waals surface area contributed by atoms with Crippen LogP contribution >= 0.6 is 0 Å². The molecule has 8 heteroatoms. The molecule has 4 amide bonds. The van der Waals surface area contributed by atoms with E-state index in [4.69, 9.17) is 4.74 Å². The van der Waals surface area contributed by atoms with Gasteiger partial charge in [-0.1, -0.05) is 39.2 Å². The fourth-order valence-electron chi connectivity index (χ4n) is 3.28. The zero-order chi connectivity index (χ0) is 23.9. The van der Waals surface area contributed by atoms with E-state index in [-0.39, 0.29) is 30.5 Å². The number of unbranched alkanes of at least 4 members (excludes halogenated alkanes) is 1. The lowest BCUT2D eigenvalue weighted by molar-refractivity contribution is -0.143. The molecule has 0 aliphatic heterocycles. The number of carbonyl (C=O) groups excluding carboxylic acids is 3. The van der Waals surface area contributed by atoms with Crippen LogP contribution in [0, 0.1) is 12.8 Å². The molecular weight excluding hydrogens is 408 g/mol. The Balaban J connectivity index is 2.57. The Morgan fingerprint density at radius 1 is 1.00 bits per heavy atom. The number of urea groups is 2. The number of rotatable bonds is 13. The van der Waals surface area contributed by atoms with Gasteiger partial charge in [0, 0.05) is 30.4 Å². The summed E-state index contributed by atoms with van der Waals surface area (Å²) in [5, 5.41) is 11.4. The fraction of sp³-hybridized carbons (Fsp3) is 0.625. The van der Waals surface area contributed by atoms with Crippen LogP contribution in [0.3, 0.4) is 0 Å². The predicted molar refractivity (Wildman–Crippen MR) is 129 cm³/mol. The smallest absolute Gasteiger partial charge is 0.319 e. The molecule has 0 aliphatic carbocycles. The molecule has 0 saturated carbocycles. The molecule has 0 spiro atoms. The van der Waals surface area contributed by atoms with Gasteiger partial charge >= 0.3 is 18.0 Å². The van der Waals surface area contributed by atoms with E-state index in [0.717, 1.165) is 31.2 Å². The molecule has 4 N–H and O–H groups in total. The lowest BCUT2D eigenvalue weighted by Gasteiger charge is -2.18. The van der Waals surface area contributed by atoms with E-state index in [9.17, 15) is 14.4 Å². The van der Waals surface area contributed by atoms with Crippen molar-refractivity contribution in [3.63, 3.8) is 0 Å². The van der Waals surface area contributed by atoms with Gasteiger partial charge in [-0.2, -0.15) is 0 Å². The zero-order valence-corrected chi connectivity index (χ0v) is 20.2. The number of esters is 1. The zero-order valence-electron chi connectivity index (χ0n) is 20.2. The van der Waals surface area contributed by atoms with E-state index in [2.05, 4.69) is 35.1 Å². The number of hydrogen-bond acceptors (Lipinski definition) is 4. The second-order valence-electron chi connectivity index (χ2n) is 8.07. The van der Waals surface area contributed by atoms with Gasteiger partial charge in [0.15, 0.2) is 0 Å². The maximum atomic E-state index is 12.4. The second kappa shape index (κ2) is 15.1. The molecule has 2 unspecified atom stereocenters. The van der Waals surface area contributed by atoms with Crippen molar-refractivity contribution in [1.82, 2.24) is 10.6 Å². The minimum atomic E-state index is -0.368. The first kappa shape index (κ1) is 27.3. The molecule has 0 fully saturated rings. The van der Waals surface area contributed by atoms with Crippen LogP contribution in [-0.4, -0.2) is 37.2 Å². The molecule has 1 aromatic rings. The number of hydrogen-bond donors (Lipinski definition) is 4. The first-order valence-electron chi connectivity index (χ1n) is 11.7. The van der Waals surface area contributed by atoms with Crippen LogP contribution in [-0.2, 0) is 9.53 Å². The van der Waals surface area contributed by atoms with E-state index < -0.39 is 0 Å². The summed E-state index contributed by atoms with van der Waals surface area (Å²) in [5.74, 6) is 0.203. The quantitative estimate of drug-likeness (QED) is 0.312. The highest BCUT2D eigenvalue weighted by molar-refractivity contribution is 5.94. The third kappa shape index (κ3) is 10.5. The van der Waals surface area contributed by atoms with Gasteiger partial charge in [-0.15, -0.1) is 0 Å². The molecule has 180 valence electrons. The minimum Gasteiger partial charge on any atom is -0.466 e. The highest BCUT2D eigenvalue weighted by atomic mass is 16.5. The fourth-order valence-corrected chi connectivity index (χ4v) is 3.28. The van der Waals surface area contributed by atoms with Crippen LogP contribution in [0.5, 0.6) is 0 Å². The maximum Gasteiger partial charge on any atom is 0.319 e. The number of ether oxygens (including phenoxy) is 1. The molecule has 0 aromatic heterocycles. The predicted octanol–water partition coefficient (Wildman–Crippen LogP) is 5.19. The van der Waals surface area contributed by atoms with Gasteiger partial charge in [-0.3, -0.25) is 4.79 Å². The van der Waals surface area contributed by atoms with E-state index in [1.165, 1.54) is 0 Å². The summed E-state index contributed by atoms with van der Waals surface area (Å²) in [7, 11) is 0. The molecule has 8 nitrogen and oxygen atoms in total. The Kier molecular flexibility index (Phi) is 12.9. The largest absolute Gasteiger partial charge is 0.466 e. The Bertz CT molecular complexity index is 739. The van der Waals surface area contributed by atoms with Gasteiger partial charge in [-0.05, 0) is 57.2 Å². The standard InChI is InChI=1S/C24H40N4O4/c1-6-9-11-19(7-2)16-25-23(30)27-20-12-10-13-21(18(20)5)28-24(31)26-17(4)14-15-22(29)32-8-3/h10,12-13,17,19H,6-9,11,14-16H2,1-5H3,(H2,25,27,30)(H2,26,28,31). The summed E-state index contributed by atoms with van der Waals surface area (Å²) < 4.78 is 4.90. The molecule has 0 radical (unpaired) electrons. The van der Waals surface area contributed by atoms with Crippen molar-refractivity contribution < 1.29 is 19.1 Å². The van der Waals surface area contributed by atoms with Crippen molar-refractivity contribution >= 4 is 29.4 Å². The number of benzene rings is 1. The first-order valence-corrected chi connectivity index (χ1v) is 11.7. The number of anilines is 2. The number of amides is 4. The topological polar surface area (TPSA) is 109 Å². The summed E-state index contributed by atoms with van der Waals surface area (Å²) in [5.41, 5.74) is 2.00. The average molecular weight is 449 g/mol. The molecule has 1 rings (SSSR count). The van der Waals surface area contributed by atoms with Crippen LogP contribution in [0.1, 0.15) is 71.8 Å². The monoisotopic (exact) mass is 448 g/mol. The summed E-state index contributed by atoms with van der Waals surface area (Å²) in [6, 6.07) is 4.54. The van der Waals surface area contributed by atoms with E-state index in [1.54, 1.807) is 25.1 Å². The van der Waals surface area contributed by atoms with E-state index in [1.807, 2.05) is 13.8 Å². The van der Waals surface area contributed by atoms with Crippen molar-refractivity contribution in [2.45, 2.75) is 79.2 Å². The molecule has 1 aromatic carbocycles. The van der Waals surface area contributed by atoms with Crippen LogP contribution in [0.25, 0.3) is 0 Å². The number of nitrogens with one attached hydrogen (secondary N) is 4. The molecule has 0 bridgehead atoms. The Hall–Kier alpha value is -2.77. The van der Waals surface area contributed by atoms with Crippen LogP contribution < -0.4 is 21.3 Å². The molecular formula is C24H40N4O4. The minimum absolute atomic E-state index is 0.189. The van der Waals surface area contributed by atoms with Crippen molar-refractivity contribution in [2.24, 2.45) is 5.92 Å². The normalized spacial score (nSPS) is 12.4. The summed E-state index contributed by atoms with van der Waals surface area (Å²) in [6.07, 6.45) is 5.20. The lowest BCUT2D eigenvalue weighted by Crippen LogP contribution is -2.36. The SMILES string of the molecule is CCCCC(CC)CNC(=O)Nc1cccc(NC(=O)NC(C)CCC(=O)OCC)c1C. The van der Waals surface area contributed by atoms with Gasteiger partial charge in [0.1, 0.15) is 0 Å². The molecule has 0 heterocycles. The first-order chi connectivity index (χ1) is 15.3. The van der Waals surface area contributed by atoms with Gasteiger partial charge in [0.2, 0.25) is 0 Å². The molecule has 32 heavy (non-hydrogen) atoms. The van der Waals surface area contributed by atoms with Crippen molar-refractivity contribution in [2.75, 3.05) is 23.8 Å². The van der Waals surface area contributed by atoms with Crippen LogP contribution in [0.2, 0.25) is 0 Å². The van der Waals surface area contributed by atoms with Gasteiger partial charge in [0.05, 0.1) is 6.61 Å². The van der Waals surface area contributed by atoms with Gasteiger partial charge in [0.25, 0.3) is 0 Å². The van der Waals surface area contributed by atoms with Crippen LogP contribution in [0.15, 0.2) is 18.2 Å². The van der Waals surface area contributed by atoms with Crippen LogP contribution in [0.4, 0.5) is 21.0 Å². The van der Waals surface area contributed by atoms with Gasteiger partial charge < -0.3 is 26.0 Å². The Labute approximate surface area is 192 Å². The third-order valence-corrected chi connectivity index (χ3v) is 5.39. The van der Waals surface area contributed by atoms with Crippen molar-refractivity contribution in [3.05, 3.63) is 23.8 Å². The summed E-state index contributed by atoms with van der Waals surface area (Å²) >= 11 is 0. The maximum absolute atomic E-state index is 12.4. The number of carbonyl (C=O) groups is 3. The van der Waals surface area contributed by atoms with E-state index >= 15 is 0 Å². The molecule has 2 atom stereocenters. The Morgan fingerprint density at radius 3 is 2.25 bits per heavy atom. The van der Waals surface area contributed by atoms with Gasteiger partial charge in [-0.25, -0.2) is 9.59 Å². The Morgan fingerprint density at radius 2 is 1.66 bits per heavy atom. The van der Waals surface area contributed by atoms with E-state index in [0.29, 0.717) is 36.9 Å². The van der Waals surface area contributed by atoms with Crippen molar-refractivity contribution in [1.29, 1.82) is 0 Å². The molecule has 0 saturated heterocycles. The molecule has 0 aliphatic rings. The summed E-state index contributed by atoms with van der Waals surface area (Å²) in [6.45, 7) is 10.7. The average Bonchev–Trinajstić information content (AvgIpc) is 2.75. The summed E-state index contributed by atoms with van der Waals surface area (Å²) in [4.78, 5) is 36.1. The third-order valence-electron chi connectivity index (χ3n) is 5.39. The highest BCUT2D eigenvalue weighted by Gasteiger charge is 2.14. The van der Waals surface area contributed by atoms with Crippen molar-refractivity contribution in [3.8, 4) is 0 Å². The highest BCUT2D eigenvalue weighted by Crippen LogP contribution is 2.23. The lowest BCUT2D eigenvalue weighted by atomic mass is 9.99. The second-order valence-corrected chi connectivity index (χ2v) is 8.07.